The molecule has 0 aromatic heterocycles. The van der Waals surface area contributed by atoms with Crippen LogP contribution in [0.1, 0.15) is 6.92 Å². The second-order valence-corrected chi connectivity index (χ2v) is 4.73. The Morgan fingerprint density at radius 3 is 2.31 bits per heavy atom. The van der Waals surface area contributed by atoms with Gasteiger partial charge in [0.1, 0.15) is 12.4 Å². The molecule has 4 heteroatoms. The minimum absolute atomic E-state index is 0.0492. The SMILES string of the molecule is CN(C)C(C)(CO)COc1ccc(Cl)cc1. The Bertz CT molecular complexity index is 326. The van der Waals surface area contributed by atoms with Gasteiger partial charge in [-0.05, 0) is 45.3 Å². The first kappa shape index (κ1) is 13.3. The summed E-state index contributed by atoms with van der Waals surface area (Å²) < 4.78 is 5.62. The van der Waals surface area contributed by atoms with Crippen molar-refractivity contribution >= 4 is 11.6 Å². The standard InChI is InChI=1S/C12H18ClNO2/c1-12(8-15,14(2)3)9-16-11-6-4-10(13)5-7-11/h4-7,15H,8-9H2,1-3H3. The van der Waals surface area contributed by atoms with E-state index in [2.05, 4.69) is 0 Å². The Morgan fingerprint density at radius 2 is 1.88 bits per heavy atom. The van der Waals surface area contributed by atoms with Gasteiger partial charge in [0.05, 0.1) is 12.1 Å². The van der Waals surface area contributed by atoms with E-state index >= 15 is 0 Å². The predicted molar refractivity (Wildman–Crippen MR) is 66.1 cm³/mol. The molecule has 0 saturated heterocycles. The number of hydrogen-bond acceptors (Lipinski definition) is 3. The van der Waals surface area contributed by atoms with Crippen molar-refractivity contribution in [3.05, 3.63) is 29.3 Å². The fraction of sp³-hybridized carbons (Fsp3) is 0.500. The molecule has 0 aliphatic heterocycles. The number of aliphatic hydroxyl groups excluding tert-OH is 1. The van der Waals surface area contributed by atoms with Gasteiger partial charge >= 0.3 is 0 Å². The van der Waals surface area contributed by atoms with Crippen LogP contribution >= 0.6 is 11.6 Å². The molecule has 1 N–H and O–H groups in total. The summed E-state index contributed by atoms with van der Waals surface area (Å²) in [6.45, 7) is 2.43. The van der Waals surface area contributed by atoms with Crippen molar-refractivity contribution in [1.29, 1.82) is 0 Å². The highest BCUT2D eigenvalue weighted by molar-refractivity contribution is 6.30. The van der Waals surface area contributed by atoms with Crippen molar-refractivity contribution in [3.63, 3.8) is 0 Å². The highest BCUT2D eigenvalue weighted by Crippen LogP contribution is 2.18. The average molecular weight is 244 g/mol. The van der Waals surface area contributed by atoms with E-state index in [-0.39, 0.29) is 12.1 Å². The van der Waals surface area contributed by atoms with Crippen LogP contribution in [0.25, 0.3) is 0 Å². The molecule has 0 heterocycles. The van der Waals surface area contributed by atoms with Crippen molar-refractivity contribution in [2.24, 2.45) is 0 Å². The number of hydrogen-bond donors (Lipinski definition) is 1. The van der Waals surface area contributed by atoms with Gasteiger partial charge < -0.3 is 9.84 Å². The van der Waals surface area contributed by atoms with Gasteiger partial charge in [-0.2, -0.15) is 0 Å². The third-order valence-corrected chi connectivity index (χ3v) is 3.04. The van der Waals surface area contributed by atoms with E-state index in [1.807, 2.05) is 38.1 Å². The number of likely N-dealkylation sites (N-methyl/N-ethyl adjacent to an activating group) is 1. The molecule has 1 rings (SSSR count). The molecule has 0 fully saturated rings. The molecule has 1 atom stereocenters. The Morgan fingerprint density at radius 1 is 1.31 bits per heavy atom. The van der Waals surface area contributed by atoms with Crippen molar-refractivity contribution in [3.8, 4) is 5.75 Å². The minimum Gasteiger partial charge on any atom is -0.492 e. The molecule has 1 aromatic rings. The van der Waals surface area contributed by atoms with E-state index in [0.29, 0.717) is 11.6 Å². The lowest BCUT2D eigenvalue weighted by Crippen LogP contribution is -2.49. The zero-order valence-corrected chi connectivity index (χ0v) is 10.7. The lowest BCUT2D eigenvalue weighted by Gasteiger charge is -2.34. The van der Waals surface area contributed by atoms with Gasteiger partial charge in [0.25, 0.3) is 0 Å². The topological polar surface area (TPSA) is 32.7 Å². The number of benzene rings is 1. The van der Waals surface area contributed by atoms with Crippen LogP contribution in [0.15, 0.2) is 24.3 Å². The molecule has 1 unspecified atom stereocenters. The molecule has 16 heavy (non-hydrogen) atoms. The van der Waals surface area contributed by atoms with Crippen molar-refractivity contribution in [1.82, 2.24) is 4.90 Å². The molecule has 0 amide bonds. The van der Waals surface area contributed by atoms with E-state index < -0.39 is 0 Å². The molecule has 0 radical (unpaired) electrons. The molecule has 0 bridgehead atoms. The number of halogens is 1. The van der Waals surface area contributed by atoms with Crippen molar-refractivity contribution < 1.29 is 9.84 Å². The fourth-order valence-corrected chi connectivity index (χ4v) is 1.21. The van der Waals surface area contributed by atoms with E-state index in [0.717, 1.165) is 5.75 Å². The maximum atomic E-state index is 9.34. The fourth-order valence-electron chi connectivity index (χ4n) is 1.09. The lowest BCUT2D eigenvalue weighted by molar-refractivity contribution is 0.0398. The molecule has 0 aliphatic rings. The summed E-state index contributed by atoms with van der Waals surface area (Å²) in [5.41, 5.74) is -0.375. The number of aliphatic hydroxyl groups is 1. The van der Waals surface area contributed by atoms with E-state index in [4.69, 9.17) is 16.3 Å². The molecule has 1 aromatic carbocycles. The summed E-state index contributed by atoms with van der Waals surface area (Å²) in [7, 11) is 3.84. The van der Waals surface area contributed by atoms with Gasteiger partial charge in [-0.1, -0.05) is 11.6 Å². The van der Waals surface area contributed by atoms with Crippen LogP contribution in [0.4, 0.5) is 0 Å². The average Bonchev–Trinajstić information content (AvgIpc) is 2.27. The van der Waals surface area contributed by atoms with E-state index in [9.17, 15) is 5.11 Å². The zero-order valence-electron chi connectivity index (χ0n) is 9.90. The lowest BCUT2D eigenvalue weighted by atomic mass is 10.0. The summed E-state index contributed by atoms with van der Waals surface area (Å²) in [5, 5.41) is 10.0. The maximum Gasteiger partial charge on any atom is 0.119 e. The number of nitrogens with zero attached hydrogens (tertiary/aromatic N) is 1. The second-order valence-electron chi connectivity index (χ2n) is 4.29. The first-order chi connectivity index (χ1) is 7.48. The largest absolute Gasteiger partial charge is 0.492 e. The molecular formula is C12H18ClNO2. The van der Waals surface area contributed by atoms with Crippen LogP contribution in [0, 0.1) is 0 Å². The number of rotatable bonds is 5. The van der Waals surface area contributed by atoms with Gasteiger partial charge in [-0.15, -0.1) is 0 Å². The summed E-state index contributed by atoms with van der Waals surface area (Å²) in [5.74, 6) is 0.755. The molecule has 0 saturated carbocycles. The molecule has 3 nitrogen and oxygen atoms in total. The molecule has 0 spiro atoms. The summed E-state index contributed by atoms with van der Waals surface area (Å²) in [4.78, 5) is 1.95. The minimum atomic E-state index is -0.375. The first-order valence-electron chi connectivity index (χ1n) is 5.14. The van der Waals surface area contributed by atoms with Crippen molar-refractivity contribution in [2.45, 2.75) is 12.5 Å². The van der Waals surface area contributed by atoms with E-state index in [1.165, 1.54) is 0 Å². The van der Waals surface area contributed by atoms with Crippen LogP contribution < -0.4 is 4.74 Å². The summed E-state index contributed by atoms with van der Waals surface area (Å²) in [6, 6.07) is 7.19. The Hall–Kier alpha value is -0.770. The van der Waals surface area contributed by atoms with Gasteiger partial charge in [-0.25, -0.2) is 0 Å². The van der Waals surface area contributed by atoms with Gasteiger partial charge in [0.15, 0.2) is 0 Å². The van der Waals surface area contributed by atoms with Crippen LogP contribution in [0.3, 0.4) is 0 Å². The Labute approximate surface area is 102 Å². The molecule has 0 aliphatic carbocycles. The van der Waals surface area contributed by atoms with Crippen LogP contribution in [0.5, 0.6) is 5.75 Å². The smallest absolute Gasteiger partial charge is 0.119 e. The van der Waals surface area contributed by atoms with Crippen LogP contribution in [-0.2, 0) is 0 Å². The van der Waals surface area contributed by atoms with Gasteiger partial charge in [0, 0.05) is 5.02 Å². The Kier molecular flexibility index (Phi) is 4.59. The first-order valence-corrected chi connectivity index (χ1v) is 5.52. The maximum absolute atomic E-state index is 9.34. The van der Waals surface area contributed by atoms with Crippen LogP contribution in [0.2, 0.25) is 5.02 Å². The van der Waals surface area contributed by atoms with Gasteiger partial charge in [-0.3, -0.25) is 4.90 Å². The normalized spacial score (nSPS) is 14.9. The summed E-state index contributed by atoms with van der Waals surface area (Å²) >= 11 is 5.78. The third-order valence-electron chi connectivity index (χ3n) is 2.78. The Balaban J connectivity index is 2.59. The monoisotopic (exact) mass is 243 g/mol. The van der Waals surface area contributed by atoms with Gasteiger partial charge in [0.2, 0.25) is 0 Å². The highest BCUT2D eigenvalue weighted by atomic mass is 35.5. The number of ether oxygens (including phenoxy) is 1. The highest BCUT2D eigenvalue weighted by Gasteiger charge is 2.26. The quantitative estimate of drug-likeness (QED) is 0.859. The second kappa shape index (κ2) is 5.53. The van der Waals surface area contributed by atoms with Crippen molar-refractivity contribution in [2.75, 3.05) is 27.3 Å². The zero-order chi connectivity index (χ0) is 12.2. The third kappa shape index (κ3) is 3.37. The molecule has 90 valence electrons. The summed E-state index contributed by atoms with van der Waals surface area (Å²) in [6.07, 6.45) is 0. The van der Waals surface area contributed by atoms with Crippen LogP contribution in [-0.4, -0.2) is 42.9 Å². The predicted octanol–water partition coefficient (Wildman–Crippen LogP) is 2.03. The van der Waals surface area contributed by atoms with E-state index in [1.54, 1.807) is 12.1 Å². The molecular weight excluding hydrogens is 226 g/mol.